The van der Waals surface area contributed by atoms with Crippen molar-refractivity contribution in [1.82, 2.24) is 29.8 Å². The quantitative estimate of drug-likeness (QED) is 0.225. The third-order valence-electron chi connectivity index (χ3n) is 5.86. The van der Waals surface area contributed by atoms with Crippen molar-refractivity contribution in [3.05, 3.63) is 63.2 Å². The number of carbonyl (C=O) groups is 1. The van der Waals surface area contributed by atoms with Crippen molar-refractivity contribution in [3.63, 3.8) is 0 Å². The highest BCUT2D eigenvalue weighted by Gasteiger charge is 2.47. The molecule has 1 aliphatic rings. The van der Waals surface area contributed by atoms with Gasteiger partial charge in [-0.3, -0.25) is 14.3 Å². The summed E-state index contributed by atoms with van der Waals surface area (Å²) in [5.74, 6) is 0.259. The monoisotopic (exact) mass is 635 g/mol. The number of aromatic nitrogens is 5. The van der Waals surface area contributed by atoms with E-state index in [9.17, 15) is 15.0 Å². The molecule has 4 N–H and O–H groups in total. The summed E-state index contributed by atoms with van der Waals surface area (Å²) in [7, 11) is 0. The summed E-state index contributed by atoms with van der Waals surface area (Å²) in [4.78, 5) is 30.3. The van der Waals surface area contributed by atoms with Gasteiger partial charge in [0.15, 0.2) is 35.1 Å². The number of aliphatic hydroxyl groups is 2. The number of carbonyl (C=O) groups excluding carboxylic acids is 1. The predicted octanol–water partition coefficient (Wildman–Crippen LogP) is 2.51. The molecule has 0 aliphatic carbocycles. The Labute approximate surface area is 230 Å². The van der Waals surface area contributed by atoms with Crippen LogP contribution < -0.4 is 10.6 Å². The molecule has 1 saturated heterocycles. The zero-order valence-corrected chi connectivity index (χ0v) is 22.5. The summed E-state index contributed by atoms with van der Waals surface area (Å²) in [5, 5.41) is 27.6. The molecule has 11 nitrogen and oxygen atoms in total. The average Bonchev–Trinajstić information content (AvgIpc) is 3.43. The van der Waals surface area contributed by atoms with Gasteiger partial charge >= 0.3 is 0 Å². The van der Waals surface area contributed by atoms with Crippen LogP contribution in [0.2, 0.25) is 5.02 Å². The minimum Gasteiger partial charge on any atom is -0.387 e. The number of rotatable bonds is 7. The van der Waals surface area contributed by atoms with Crippen molar-refractivity contribution >= 4 is 57.1 Å². The molecular weight excluding hydrogens is 613 g/mol. The van der Waals surface area contributed by atoms with Crippen LogP contribution in [-0.4, -0.2) is 65.5 Å². The average molecular weight is 636 g/mol. The predicted molar refractivity (Wildman–Crippen MR) is 145 cm³/mol. The first-order valence-corrected chi connectivity index (χ1v) is 12.9. The number of nitrogens with zero attached hydrogens (tertiary/aromatic N) is 5. The minimum absolute atomic E-state index is 0.322. The smallest absolute Gasteiger partial charge is 0.252 e. The van der Waals surface area contributed by atoms with E-state index >= 15 is 0 Å². The summed E-state index contributed by atoms with van der Waals surface area (Å²) in [6.07, 6.45) is -0.617. The zero-order chi connectivity index (χ0) is 26.1. The van der Waals surface area contributed by atoms with E-state index in [4.69, 9.17) is 16.3 Å². The number of hydrogen-bond acceptors (Lipinski definition) is 9. The van der Waals surface area contributed by atoms with Crippen LogP contribution in [0.1, 0.15) is 18.7 Å². The molecule has 0 bridgehead atoms. The number of aliphatic hydroxyl groups excluding tert-OH is 2. The fourth-order valence-electron chi connectivity index (χ4n) is 4.10. The third kappa shape index (κ3) is 5.25. The van der Waals surface area contributed by atoms with E-state index in [0.717, 1.165) is 9.13 Å². The molecular formula is C24H23ClIN7O4. The van der Waals surface area contributed by atoms with E-state index in [-0.39, 0.29) is 0 Å². The van der Waals surface area contributed by atoms with Crippen molar-refractivity contribution in [3.8, 4) is 11.4 Å². The maximum absolute atomic E-state index is 12.4. The van der Waals surface area contributed by atoms with Crippen LogP contribution in [0.3, 0.4) is 0 Å². The minimum atomic E-state index is -1.43. The van der Waals surface area contributed by atoms with E-state index in [2.05, 4.69) is 59.2 Å². The van der Waals surface area contributed by atoms with E-state index in [0.29, 0.717) is 46.5 Å². The van der Waals surface area contributed by atoms with E-state index < -0.39 is 30.4 Å². The Morgan fingerprint density at radius 3 is 2.81 bits per heavy atom. The number of halogens is 2. The van der Waals surface area contributed by atoms with Gasteiger partial charge in [0.25, 0.3) is 5.91 Å². The second kappa shape index (κ2) is 10.8. The summed E-state index contributed by atoms with van der Waals surface area (Å²) in [6, 6.07) is 9.72. The van der Waals surface area contributed by atoms with Crippen molar-refractivity contribution in [2.45, 2.75) is 38.0 Å². The van der Waals surface area contributed by atoms with Crippen LogP contribution in [-0.2, 0) is 16.1 Å². The van der Waals surface area contributed by atoms with Gasteiger partial charge in [-0.25, -0.2) is 15.0 Å². The molecule has 3 aromatic heterocycles. The molecule has 4 atom stereocenters. The Morgan fingerprint density at radius 1 is 1.22 bits per heavy atom. The summed E-state index contributed by atoms with van der Waals surface area (Å²) >= 11 is 8.41. The lowest BCUT2D eigenvalue weighted by atomic mass is 10.1. The van der Waals surface area contributed by atoms with Gasteiger partial charge in [-0.1, -0.05) is 23.7 Å². The Balaban J connectivity index is 1.56. The number of hydrogen-bond donors (Lipinski definition) is 4. The largest absolute Gasteiger partial charge is 0.387 e. The highest BCUT2D eigenvalue weighted by atomic mass is 127. The zero-order valence-electron chi connectivity index (χ0n) is 19.5. The lowest BCUT2D eigenvalue weighted by Crippen LogP contribution is -2.42. The Hall–Kier alpha value is -2.91. The van der Waals surface area contributed by atoms with E-state index in [1.165, 1.54) is 17.1 Å². The number of ether oxygens (including phenoxy) is 1. The summed E-state index contributed by atoms with van der Waals surface area (Å²) in [5.41, 5.74) is 2.39. The number of amides is 1. The fraction of sp³-hybridized carbons (Fsp3) is 0.292. The SMILES string of the molecule is CCNC(=O)C1OC(n2cnc3c(NCc4cccc(I)c4)nc(-c4cncc(Cl)c4)nc32)C(O)C1O. The van der Waals surface area contributed by atoms with Crippen molar-refractivity contribution in [2.24, 2.45) is 0 Å². The van der Waals surface area contributed by atoms with Gasteiger partial charge in [0, 0.05) is 34.6 Å². The fourth-order valence-corrected chi connectivity index (χ4v) is 4.88. The number of pyridine rings is 1. The van der Waals surface area contributed by atoms with Gasteiger partial charge < -0.3 is 25.6 Å². The number of fused-ring (bicyclic) bond motifs is 1. The number of benzene rings is 1. The topological polar surface area (TPSA) is 147 Å². The molecule has 4 aromatic rings. The maximum Gasteiger partial charge on any atom is 0.252 e. The molecule has 0 saturated carbocycles. The van der Waals surface area contributed by atoms with Crippen LogP contribution in [0.15, 0.2) is 49.1 Å². The first kappa shape index (κ1) is 25.7. The van der Waals surface area contributed by atoms with Crippen molar-refractivity contribution < 1.29 is 19.7 Å². The van der Waals surface area contributed by atoms with Gasteiger partial charge in [0.05, 0.1) is 11.3 Å². The Bertz CT molecular complexity index is 1450. The molecule has 37 heavy (non-hydrogen) atoms. The normalized spacial score (nSPS) is 21.3. The molecule has 1 fully saturated rings. The second-order valence-corrected chi connectivity index (χ2v) is 10.1. The van der Waals surface area contributed by atoms with Gasteiger partial charge in [0.2, 0.25) is 0 Å². The molecule has 1 aromatic carbocycles. The van der Waals surface area contributed by atoms with Crippen LogP contribution in [0.25, 0.3) is 22.6 Å². The molecule has 4 heterocycles. The summed E-state index contributed by atoms with van der Waals surface area (Å²) < 4.78 is 8.39. The third-order valence-corrected chi connectivity index (χ3v) is 6.73. The Morgan fingerprint density at radius 2 is 2.05 bits per heavy atom. The second-order valence-electron chi connectivity index (χ2n) is 8.42. The van der Waals surface area contributed by atoms with Crippen LogP contribution in [0, 0.1) is 3.57 Å². The first-order valence-electron chi connectivity index (χ1n) is 11.5. The van der Waals surface area contributed by atoms with Crippen molar-refractivity contribution in [1.29, 1.82) is 0 Å². The van der Waals surface area contributed by atoms with Gasteiger partial charge in [-0.2, -0.15) is 0 Å². The van der Waals surface area contributed by atoms with Gasteiger partial charge in [-0.15, -0.1) is 0 Å². The highest BCUT2D eigenvalue weighted by molar-refractivity contribution is 14.1. The van der Waals surface area contributed by atoms with E-state index in [1.54, 1.807) is 19.2 Å². The number of anilines is 1. The van der Waals surface area contributed by atoms with E-state index in [1.807, 2.05) is 18.2 Å². The van der Waals surface area contributed by atoms with Crippen LogP contribution >= 0.6 is 34.2 Å². The molecule has 192 valence electrons. The van der Waals surface area contributed by atoms with Crippen molar-refractivity contribution in [2.75, 3.05) is 11.9 Å². The first-order chi connectivity index (χ1) is 17.9. The Kier molecular flexibility index (Phi) is 7.53. The highest BCUT2D eigenvalue weighted by Crippen LogP contribution is 2.34. The molecule has 0 spiro atoms. The number of likely N-dealkylation sites (N-methyl/N-ethyl adjacent to an activating group) is 1. The lowest BCUT2D eigenvalue weighted by Gasteiger charge is -2.17. The summed E-state index contributed by atoms with van der Waals surface area (Å²) in [6.45, 7) is 2.59. The lowest BCUT2D eigenvalue weighted by molar-refractivity contribution is -0.137. The molecule has 5 rings (SSSR count). The van der Waals surface area contributed by atoms with Gasteiger partial charge in [0.1, 0.15) is 12.2 Å². The molecule has 1 amide bonds. The molecule has 1 aliphatic heterocycles. The standard InChI is InChI=1S/C24H23ClIN7O4/c1-2-28-23(36)19-17(34)18(35)24(37-19)33-11-30-16-21(29-8-12-4-3-5-15(26)6-12)31-20(32-22(16)33)13-7-14(25)10-27-9-13/h3-7,9-11,17-19,24,34-35H,2,8H2,1H3,(H,28,36)(H,29,31,32). The van der Waals surface area contributed by atoms with Crippen LogP contribution in [0.4, 0.5) is 5.82 Å². The van der Waals surface area contributed by atoms with Gasteiger partial charge in [-0.05, 0) is 53.3 Å². The molecule has 4 unspecified atom stereocenters. The van der Waals surface area contributed by atoms with Crippen LogP contribution in [0.5, 0.6) is 0 Å². The molecule has 13 heteroatoms. The number of imidazole rings is 1. The number of nitrogens with one attached hydrogen (secondary N) is 2. The maximum atomic E-state index is 12.4. The molecule has 0 radical (unpaired) electrons.